The Bertz CT molecular complexity index is 2130. The van der Waals surface area contributed by atoms with Crippen molar-refractivity contribution in [3.05, 3.63) is 109 Å². The molecule has 0 radical (unpaired) electrons. The van der Waals surface area contributed by atoms with Crippen LogP contribution in [0.1, 0.15) is 0 Å². The van der Waals surface area contributed by atoms with Crippen LogP contribution in [0.3, 0.4) is 0 Å². The predicted octanol–water partition coefficient (Wildman–Crippen LogP) is 7.81. The number of hydrogen-bond acceptors (Lipinski definition) is 1. The van der Waals surface area contributed by atoms with Crippen molar-refractivity contribution >= 4 is 65.3 Å². The van der Waals surface area contributed by atoms with E-state index in [-0.39, 0.29) is 0 Å². The summed E-state index contributed by atoms with van der Waals surface area (Å²) >= 11 is 0. The SMILES string of the molecule is C[n+]1ccccc1-n1c2ccccc2c2c3cccc4oc5ccccc5c(c5cccc1c52)c43. The summed E-state index contributed by atoms with van der Waals surface area (Å²) in [6.07, 6.45) is 2.11. The second kappa shape index (κ2) is 6.71. The van der Waals surface area contributed by atoms with Gasteiger partial charge in [-0.25, -0.2) is 4.57 Å². The minimum atomic E-state index is 0.913. The molecule has 0 N–H and O–H groups in total. The van der Waals surface area contributed by atoms with E-state index in [2.05, 4.69) is 119 Å². The highest BCUT2D eigenvalue weighted by atomic mass is 16.3. The maximum absolute atomic E-state index is 6.43. The van der Waals surface area contributed by atoms with E-state index in [1.807, 2.05) is 6.07 Å². The quantitative estimate of drug-likeness (QED) is 0.142. The molecule has 5 aromatic carbocycles. The summed E-state index contributed by atoms with van der Waals surface area (Å²) < 4.78 is 11.0. The van der Waals surface area contributed by atoms with E-state index >= 15 is 0 Å². The van der Waals surface area contributed by atoms with Gasteiger partial charge in [-0.05, 0) is 41.1 Å². The van der Waals surface area contributed by atoms with Crippen LogP contribution >= 0.6 is 0 Å². The first-order chi connectivity index (χ1) is 17.3. The molecule has 0 amide bonds. The van der Waals surface area contributed by atoms with Gasteiger partial charge in [-0.2, -0.15) is 4.57 Å². The summed E-state index contributed by atoms with van der Waals surface area (Å²) in [6, 6.07) is 36.7. The number of aromatic nitrogens is 2. The van der Waals surface area contributed by atoms with Crippen molar-refractivity contribution < 1.29 is 8.98 Å². The van der Waals surface area contributed by atoms with Gasteiger partial charge in [0.05, 0.1) is 13.2 Å². The molecule has 0 saturated carbocycles. The molecule has 0 atom stereocenters. The summed E-state index contributed by atoms with van der Waals surface area (Å²) in [5.41, 5.74) is 4.22. The lowest BCUT2D eigenvalue weighted by molar-refractivity contribution is -0.665. The number of benzene rings is 5. The Balaban J connectivity index is 1.78. The highest BCUT2D eigenvalue weighted by Crippen LogP contribution is 2.46. The summed E-state index contributed by atoms with van der Waals surface area (Å²) in [5.74, 6) is 1.13. The molecule has 0 spiro atoms. The van der Waals surface area contributed by atoms with Gasteiger partial charge in [0.1, 0.15) is 22.2 Å². The van der Waals surface area contributed by atoms with Crippen molar-refractivity contribution in [1.29, 1.82) is 0 Å². The molecule has 0 unspecified atom stereocenters. The maximum atomic E-state index is 6.43. The van der Waals surface area contributed by atoms with Crippen LogP contribution in [-0.2, 0) is 7.05 Å². The molecule has 8 aromatic rings. The van der Waals surface area contributed by atoms with Gasteiger partial charge in [-0.3, -0.25) is 0 Å². The van der Waals surface area contributed by atoms with Gasteiger partial charge in [0.15, 0.2) is 0 Å². The molecule has 35 heavy (non-hydrogen) atoms. The molecule has 3 nitrogen and oxygen atoms in total. The lowest BCUT2D eigenvalue weighted by Crippen LogP contribution is -2.33. The molecule has 0 aliphatic rings. The number of aryl methyl sites for hydroxylation is 1. The van der Waals surface area contributed by atoms with Crippen molar-refractivity contribution in [3.8, 4) is 5.82 Å². The third kappa shape index (κ3) is 2.37. The normalized spacial score (nSPS) is 12.1. The molecule has 8 rings (SSSR count). The Hall–Kier alpha value is -4.63. The minimum absolute atomic E-state index is 0.913. The van der Waals surface area contributed by atoms with Gasteiger partial charge in [-0.1, -0.05) is 66.7 Å². The van der Waals surface area contributed by atoms with Crippen molar-refractivity contribution in [3.63, 3.8) is 0 Å². The zero-order valence-electron chi connectivity index (χ0n) is 19.2. The van der Waals surface area contributed by atoms with Crippen LogP contribution in [0.5, 0.6) is 0 Å². The molecule has 164 valence electrons. The first-order valence-corrected chi connectivity index (χ1v) is 11.9. The van der Waals surface area contributed by atoms with E-state index in [0.29, 0.717) is 0 Å². The van der Waals surface area contributed by atoms with Crippen LogP contribution in [0.15, 0.2) is 114 Å². The fraction of sp³-hybridized carbons (Fsp3) is 0.0312. The largest absolute Gasteiger partial charge is 0.456 e. The summed E-state index contributed by atoms with van der Waals surface area (Å²) in [4.78, 5) is 0. The summed E-state index contributed by atoms with van der Waals surface area (Å²) in [7, 11) is 2.11. The van der Waals surface area contributed by atoms with Crippen molar-refractivity contribution in [1.82, 2.24) is 4.57 Å². The molecule has 0 aliphatic carbocycles. The molecule has 0 fully saturated rings. The highest BCUT2D eigenvalue weighted by Gasteiger charge is 2.24. The number of fused-ring (bicyclic) bond motifs is 6. The van der Waals surface area contributed by atoms with Gasteiger partial charge in [0, 0.05) is 38.4 Å². The number of nitrogens with zero attached hydrogens (tertiary/aromatic N) is 2. The van der Waals surface area contributed by atoms with Crippen LogP contribution in [0.2, 0.25) is 0 Å². The van der Waals surface area contributed by atoms with Crippen molar-refractivity contribution in [2.45, 2.75) is 0 Å². The third-order valence-corrected chi connectivity index (χ3v) is 7.40. The fourth-order valence-corrected chi connectivity index (χ4v) is 5.99. The second-order valence-electron chi connectivity index (χ2n) is 9.25. The average molecular weight is 450 g/mol. The molecule has 0 saturated heterocycles. The Morgan fingerprint density at radius 3 is 2.03 bits per heavy atom. The van der Waals surface area contributed by atoms with Crippen LogP contribution in [0, 0.1) is 0 Å². The summed E-state index contributed by atoms with van der Waals surface area (Å²) in [5, 5.41) is 9.89. The summed E-state index contributed by atoms with van der Waals surface area (Å²) in [6.45, 7) is 0. The smallest absolute Gasteiger partial charge is 0.286 e. The zero-order valence-corrected chi connectivity index (χ0v) is 19.2. The van der Waals surface area contributed by atoms with Crippen LogP contribution in [-0.4, -0.2) is 4.57 Å². The first-order valence-electron chi connectivity index (χ1n) is 11.9. The number of para-hydroxylation sites is 2. The zero-order chi connectivity index (χ0) is 23.1. The van der Waals surface area contributed by atoms with Gasteiger partial charge < -0.3 is 4.42 Å². The third-order valence-electron chi connectivity index (χ3n) is 7.40. The van der Waals surface area contributed by atoms with Crippen LogP contribution in [0.25, 0.3) is 71.1 Å². The van der Waals surface area contributed by atoms with Crippen molar-refractivity contribution in [2.75, 3.05) is 0 Å². The van der Waals surface area contributed by atoms with E-state index < -0.39 is 0 Å². The van der Waals surface area contributed by atoms with Gasteiger partial charge in [0.25, 0.3) is 5.82 Å². The van der Waals surface area contributed by atoms with Crippen LogP contribution in [0.4, 0.5) is 0 Å². The molecule has 3 heterocycles. The highest BCUT2D eigenvalue weighted by molar-refractivity contribution is 6.40. The van der Waals surface area contributed by atoms with E-state index in [0.717, 1.165) is 22.4 Å². The molecule has 0 bridgehead atoms. The lowest BCUT2D eigenvalue weighted by atomic mass is 9.89. The van der Waals surface area contributed by atoms with E-state index in [1.54, 1.807) is 0 Å². The van der Waals surface area contributed by atoms with Crippen molar-refractivity contribution in [2.24, 2.45) is 7.05 Å². The Morgan fingerprint density at radius 2 is 1.14 bits per heavy atom. The number of rotatable bonds is 1. The average Bonchev–Trinajstić information content (AvgIpc) is 2.90. The number of hydrogen-bond donors (Lipinski definition) is 0. The van der Waals surface area contributed by atoms with Gasteiger partial charge >= 0.3 is 0 Å². The van der Waals surface area contributed by atoms with Gasteiger partial charge in [-0.15, -0.1) is 0 Å². The molecule has 3 heteroatoms. The number of pyridine rings is 2. The Labute approximate surface area is 201 Å². The van der Waals surface area contributed by atoms with E-state index in [1.165, 1.54) is 48.7 Å². The Morgan fingerprint density at radius 1 is 0.514 bits per heavy atom. The lowest BCUT2D eigenvalue weighted by Gasteiger charge is -2.18. The Kier molecular flexibility index (Phi) is 3.59. The van der Waals surface area contributed by atoms with E-state index in [4.69, 9.17) is 4.42 Å². The second-order valence-corrected chi connectivity index (χ2v) is 9.25. The van der Waals surface area contributed by atoms with Crippen LogP contribution < -0.4 is 4.57 Å². The molecule has 3 aromatic heterocycles. The molecular formula is C32H21N2O+. The first kappa shape index (κ1) is 18.8. The minimum Gasteiger partial charge on any atom is -0.456 e. The topological polar surface area (TPSA) is 21.9 Å². The monoisotopic (exact) mass is 449 g/mol. The predicted molar refractivity (Wildman–Crippen MR) is 144 cm³/mol. The molecule has 0 aliphatic heterocycles. The maximum Gasteiger partial charge on any atom is 0.286 e. The van der Waals surface area contributed by atoms with E-state index in [9.17, 15) is 0 Å². The standard InChI is InChI=1S/C32H21N2O/c1-33-19-7-6-18-28(33)34-24-14-4-2-10-20(24)29-23-13-9-17-27-32(23)30(21-11-3-5-16-26(21)35-27)22-12-8-15-25(34)31(22)29/h2-19H,1H3/q+1. The fourth-order valence-electron chi connectivity index (χ4n) is 5.99. The van der Waals surface area contributed by atoms with Gasteiger partial charge in [0.2, 0.25) is 0 Å². The molecular weight excluding hydrogens is 428 g/mol.